The summed E-state index contributed by atoms with van der Waals surface area (Å²) in [5.41, 5.74) is -0.0614. The minimum absolute atomic E-state index is 0.00771. The highest BCUT2D eigenvalue weighted by molar-refractivity contribution is 7.80. The summed E-state index contributed by atoms with van der Waals surface area (Å²) in [6.45, 7) is 3.23. The summed E-state index contributed by atoms with van der Waals surface area (Å²) < 4.78 is 45.2. The third kappa shape index (κ3) is 5.85. The predicted octanol–water partition coefficient (Wildman–Crippen LogP) is 4.18. The van der Waals surface area contributed by atoms with E-state index in [1.165, 1.54) is 18.2 Å². The van der Waals surface area contributed by atoms with Gasteiger partial charge in [-0.05, 0) is 55.4 Å². The smallest absolute Gasteiger partial charge is 0.378 e. The minimum Gasteiger partial charge on any atom is -0.378 e. The third-order valence-corrected chi connectivity index (χ3v) is 6.24. The van der Waals surface area contributed by atoms with E-state index in [4.69, 9.17) is 17.0 Å². The third-order valence-electron chi connectivity index (χ3n) is 6.03. The first-order chi connectivity index (χ1) is 17.1. The molecule has 2 saturated heterocycles. The number of morpholine rings is 1. The highest BCUT2D eigenvalue weighted by Crippen LogP contribution is 2.36. The number of carbonyl (C=O) groups excluding carboxylic acids is 1. The molecule has 0 atom stereocenters. The van der Waals surface area contributed by atoms with Gasteiger partial charge in [-0.1, -0.05) is 0 Å². The van der Waals surface area contributed by atoms with Gasteiger partial charge in [0.1, 0.15) is 5.69 Å². The first-order valence-electron chi connectivity index (χ1n) is 11.3. The molecule has 0 spiro atoms. The standard InChI is InChI=1S/C23H24F3N5O4S/c24-23(25,26)16-4-6-18(29-7-1-2-8-29)17(14-16)27-22(36)28-21(32)15-3-5-19(20(13-15)31(33)34)30-9-11-35-12-10-30/h3-6,13-14H,1-2,7-12H2,(H2,27,28,32,36). The van der Waals surface area contributed by atoms with Gasteiger partial charge in [0.15, 0.2) is 5.11 Å². The molecule has 9 nitrogen and oxygen atoms in total. The average molecular weight is 524 g/mol. The molecule has 2 aromatic carbocycles. The number of benzene rings is 2. The van der Waals surface area contributed by atoms with Crippen LogP contribution in [-0.4, -0.2) is 55.3 Å². The van der Waals surface area contributed by atoms with Gasteiger partial charge in [-0.2, -0.15) is 13.2 Å². The van der Waals surface area contributed by atoms with Gasteiger partial charge in [0.2, 0.25) is 0 Å². The van der Waals surface area contributed by atoms with E-state index in [1.54, 1.807) is 0 Å². The van der Waals surface area contributed by atoms with Crippen LogP contribution in [0.3, 0.4) is 0 Å². The van der Waals surface area contributed by atoms with Gasteiger partial charge >= 0.3 is 6.18 Å². The van der Waals surface area contributed by atoms with E-state index in [0.29, 0.717) is 50.8 Å². The van der Waals surface area contributed by atoms with Crippen molar-refractivity contribution >= 4 is 46.0 Å². The quantitative estimate of drug-likeness (QED) is 0.342. The summed E-state index contributed by atoms with van der Waals surface area (Å²) in [5, 5.41) is 16.6. The Labute approximate surface area is 210 Å². The van der Waals surface area contributed by atoms with Crippen molar-refractivity contribution < 1.29 is 27.6 Å². The number of carbonyl (C=O) groups is 1. The number of nitro groups is 1. The van der Waals surface area contributed by atoms with Gasteiger partial charge in [0, 0.05) is 37.8 Å². The molecule has 13 heteroatoms. The number of nitrogens with one attached hydrogen (secondary N) is 2. The monoisotopic (exact) mass is 523 g/mol. The van der Waals surface area contributed by atoms with Crippen LogP contribution < -0.4 is 20.4 Å². The zero-order valence-corrected chi connectivity index (χ0v) is 20.0. The van der Waals surface area contributed by atoms with Crippen LogP contribution in [0.5, 0.6) is 0 Å². The maximum Gasteiger partial charge on any atom is 0.416 e. The predicted molar refractivity (Wildman–Crippen MR) is 133 cm³/mol. The molecule has 2 fully saturated rings. The number of hydrogen-bond donors (Lipinski definition) is 2. The van der Waals surface area contributed by atoms with Gasteiger partial charge in [-0.15, -0.1) is 0 Å². The summed E-state index contributed by atoms with van der Waals surface area (Å²) in [6, 6.07) is 7.43. The molecule has 192 valence electrons. The Bertz CT molecular complexity index is 1160. The molecule has 0 aromatic heterocycles. The number of nitrogens with zero attached hydrogens (tertiary/aromatic N) is 3. The van der Waals surface area contributed by atoms with Crippen molar-refractivity contribution in [3.8, 4) is 0 Å². The molecular weight excluding hydrogens is 499 g/mol. The van der Waals surface area contributed by atoms with Crippen LogP contribution in [0.15, 0.2) is 36.4 Å². The largest absolute Gasteiger partial charge is 0.416 e. The Morgan fingerprint density at radius 2 is 1.64 bits per heavy atom. The number of nitro benzene ring substituents is 1. The molecule has 2 aliphatic heterocycles. The van der Waals surface area contributed by atoms with Crippen molar-refractivity contribution in [2.75, 3.05) is 54.5 Å². The Morgan fingerprint density at radius 3 is 2.28 bits per heavy atom. The first-order valence-corrected chi connectivity index (χ1v) is 11.7. The van der Waals surface area contributed by atoms with E-state index >= 15 is 0 Å². The second-order valence-electron chi connectivity index (χ2n) is 8.39. The number of anilines is 3. The van der Waals surface area contributed by atoms with Crippen molar-refractivity contribution in [2.24, 2.45) is 0 Å². The second kappa shape index (κ2) is 10.7. The average Bonchev–Trinajstić information content (AvgIpc) is 3.38. The van der Waals surface area contributed by atoms with Crippen molar-refractivity contribution in [1.82, 2.24) is 5.32 Å². The van der Waals surface area contributed by atoms with Gasteiger partial charge in [0.25, 0.3) is 11.6 Å². The van der Waals surface area contributed by atoms with E-state index in [9.17, 15) is 28.1 Å². The lowest BCUT2D eigenvalue weighted by Crippen LogP contribution is -2.37. The molecule has 0 aliphatic carbocycles. The fraction of sp³-hybridized carbons (Fsp3) is 0.391. The van der Waals surface area contributed by atoms with Crippen LogP contribution in [0.1, 0.15) is 28.8 Å². The molecule has 0 bridgehead atoms. The van der Waals surface area contributed by atoms with Crippen molar-refractivity contribution in [3.63, 3.8) is 0 Å². The van der Waals surface area contributed by atoms with Crippen molar-refractivity contribution in [2.45, 2.75) is 19.0 Å². The number of thiocarbonyl (C=S) groups is 1. The Kier molecular flexibility index (Phi) is 7.59. The zero-order chi connectivity index (χ0) is 25.9. The summed E-state index contributed by atoms with van der Waals surface area (Å²) in [7, 11) is 0. The lowest BCUT2D eigenvalue weighted by molar-refractivity contribution is -0.384. The van der Waals surface area contributed by atoms with Crippen LogP contribution in [0.2, 0.25) is 0 Å². The van der Waals surface area contributed by atoms with Crippen LogP contribution >= 0.6 is 12.2 Å². The fourth-order valence-electron chi connectivity index (χ4n) is 4.26. The number of ether oxygens (including phenoxy) is 1. The number of hydrogen-bond acceptors (Lipinski definition) is 7. The van der Waals surface area contributed by atoms with Crippen LogP contribution in [-0.2, 0) is 10.9 Å². The molecule has 0 unspecified atom stereocenters. The molecule has 2 aromatic rings. The van der Waals surface area contributed by atoms with Gasteiger partial charge in [-0.25, -0.2) is 0 Å². The highest BCUT2D eigenvalue weighted by Gasteiger charge is 2.32. The number of amides is 1. The zero-order valence-electron chi connectivity index (χ0n) is 19.1. The molecule has 1 amide bonds. The fourth-order valence-corrected chi connectivity index (χ4v) is 4.46. The summed E-state index contributed by atoms with van der Waals surface area (Å²) >= 11 is 5.20. The molecule has 2 heterocycles. The van der Waals surface area contributed by atoms with E-state index in [1.807, 2.05) is 9.80 Å². The molecule has 2 N–H and O–H groups in total. The summed E-state index contributed by atoms with van der Waals surface area (Å²) in [6.07, 6.45) is -2.71. The van der Waals surface area contributed by atoms with Crippen LogP contribution in [0.25, 0.3) is 0 Å². The van der Waals surface area contributed by atoms with Crippen molar-refractivity contribution in [3.05, 3.63) is 57.6 Å². The van der Waals surface area contributed by atoms with Gasteiger partial charge in [0.05, 0.1) is 35.1 Å². The SMILES string of the molecule is O=C(NC(=S)Nc1cc(C(F)(F)F)ccc1N1CCCC1)c1ccc(N2CCOCC2)c([N+](=O)[O-])c1. The lowest BCUT2D eigenvalue weighted by atomic mass is 10.1. The molecular formula is C23H24F3N5O4S. The summed E-state index contributed by atoms with van der Waals surface area (Å²) in [4.78, 5) is 27.6. The van der Waals surface area contributed by atoms with Gasteiger partial charge < -0.3 is 19.9 Å². The second-order valence-corrected chi connectivity index (χ2v) is 8.80. The lowest BCUT2D eigenvalue weighted by Gasteiger charge is -2.28. The maximum absolute atomic E-state index is 13.3. The van der Waals surface area contributed by atoms with Crippen molar-refractivity contribution in [1.29, 1.82) is 0 Å². The highest BCUT2D eigenvalue weighted by atomic mass is 32.1. The van der Waals surface area contributed by atoms with E-state index in [-0.39, 0.29) is 22.1 Å². The topological polar surface area (TPSA) is 100.0 Å². The Hall–Kier alpha value is -3.45. The normalized spacial score (nSPS) is 16.1. The molecule has 0 radical (unpaired) electrons. The van der Waals surface area contributed by atoms with Gasteiger partial charge in [-0.3, -0.25) is 20.2 Å². The Balaban J connectivity index is 1.52. The van der Waals surface area contributed by atoms with Crippen LogP contribution in [0.4, 0.5) is 35.9 Å². The summed E-state index contributed by atoms with van der Waals surface area (Å²) in [5.74, 6) is -0.723. The number of rotatable bonds is 5. The van der Waals surface area contributed by atoms with Crippen LogP contribution in [0, 0.1) is 10.1 Å². The van der Waals surface area contributed by atoms with E-state index in [2.05, 4.69) is 10.6 Å². The molecule has 36 heavy (non-hydrogen) atoms. The number of alkyl halides is 3. The maximum atomic E-state index is 13.3. The molecule has 2 aliphatic rings. The molecule has 4 rings (SSSR count). The molecule has 0 saturated carbocycles. The minimum atomic E-state index is -4.55. The van der Waals surface area contributed by atoms with E-state index < -0.39 is 22.6 Å². The van der Waals surface area contributed by atoms with E-state index in [0.717, 1.165) is 31.0 Å². The number of halogens is 3. The Morgan fingerprint density at radius 1 is 1.00 bits per heavy atom. The first kappa shape index (κ1) is 25.6.